The summed E-state index contributed by atoms with van der Waals surface area (Å²) in [5.41, 5.74) is 0. The molecule has 0 saturated heterocycles. The quantitative estimate of drug-likeness (QED) is 0.0480. The fourth-order valence-corrected chi connectivity index (χ4v) is 9.14. The predicted octanol–water partition coefficient (Wildman–Crippen LogP) is 14.3. The van der Waals surface area contributed by atoms with E-state index in [1.165, 1.54) is 161 Å². The number of rotatable bonds is 47. The number of carbonyl (C=O) groups is 3. The van der Waals surface area contributed by atoms with Crippen molar-refractivity contribution in [2.24, 2.45) is 11.8 Å². The lowest BCUT2D eigenvalue weighted by molar-refractivity contribution is -0.146. The van der Waals surface area contributed by atoms with E-state index in [9.17, 15) is 19.5 Å². The first-order valence-corrected chi connectivity index (χ1v) is 27.3. The van der Waals surface area contributed by atoms with Crippen molar-refractivity contribution >= 4 is 17.8 Å². The van der Waals surface area contributed by atoms with Crippen LogP contribution in [0.4, 0.5) is 0 Å². The number of carbonyl (C=O) groups excluding carboxylic acids is 3. The molecule has 8 heteroatoms. The van der Waals surface area contributed by atoms with Crippen LogP contribution in [-0.4, -0.2) is 84.8 Å². The van der Waals surface area contributed by atoms with Gasteiger partial charge in [-0.2, -0.15) is 0 Å². The number of unbranched alkanes of at least 4 members (excludes halogenated alkanes) is 20. The van der Waals surface area contributed by atoms with Gasteiger partial charge in [0.1, 0.15) is 0 Å². The van der Waals surface area contributed by atoms with Crippen LogP contribution >= 0.6 is 0 Å². The number of hydrogen-bond donors (Lipinski definition) is 1. The van der Waals surface area contributed by atoms with Gasteiger partial charge in [-0.3, -0.25) is 19.3 Å². The number of ether oxygens (including phenoxy) is 2. The van der Waals surface area contributed by atoms with Gasteiger partial charge in [-0.15, -0.1) is 0 Å². The zero-order valence-electron chi connectivity index (χ0n) is 41.7. The number of hydrogen-bond acceptors (Lipinski definition) is 7. The molecule has 0 heterocycles. The number of nitrogens with zero attached hydrogens (tertiary/aromatic N) is 2. The normalized spacial score (nSPS) is 13.9. The zero-order chi connectivity index (χ0) is 45.1. The molecule has 62 heavy (non-hydrogen) atoms. The van der Waals surface area contributed by atoms with Crippen LogP contribution < -0.4 is 0 Å². The zero-order valence-corrected chi connectivity index (χ0v) is 41.7. The maximum atomic E-state index is 13.6. The largest absolute Gasteiger partial charge is 0.465 e. The highest BCUT2D eigenvalue weighted by Gasteiger charge is 2.24. The summed E-state index contributed by atoms with van der Waals surface area (Å²) in [6.45, 7) is 13.3. The van der Waals surface area contributed by atoms with Gasteiger partial charge >= 0.3 is 11.9 Å². The minimum atomic E-state index is -0.0721. The molecule has 8 nitrogen and oxygen atoms in total. The SMILES string of the molecule is CCCCCCCCC(CCCCCC)COC(=O)CCCCCN(CCCCCC(=O)OCC(CCCCCC)CCCCCCCC)C(=O)CCCN(CCO)C1CCC1. The van der Waals surface area contributed by atoms with Crippen LogP contribution in [-0.2, 0) is 23.9 Å². The molecule has 2 atom stereocenters. The fraction of sp³-hybridized carbons (Fsp3) is 0.944. The van der Waals surface area contributed by atoms with Gasteiger partial charge in [-0.25, -0.2) is 0 Å². The third kappa shape index (κ3) is 33.8. The van der Waals surface area contributed by atoms with Crippen molar-refractivity contribution in [3.63, 3.8) is 0 Å². The van der Waals surface area contributed by atoms with Gasteiger partial charge in [0.2, 0.25) is 5.91 Å². The van der Waals surface area contributed by atoms with Crippen molar-refractivity contribution in [1.29, 1.82) is 0 Å². The summed E-state index contributed by atoms with van der Waals surface area (Å²) in [6.07, 6.45) is 41.3. The first-order valence-electron chi connectivity index (χ1n) is 27.3. The lowest BCUT2D eigenvalue weighted by atomic mass is 9.91. The standard InChI is InChI=1S/C54H104N2O6/c1-5-9-13-17-19-25-35-49(33-23-15-11-7-3)47-61-53(59)40-27-21-29-42-56(52(58)39-32-44-55(45-46-57)51-37-31-38-51)43-30-22-28-41-54(60)62-48-50(34-24-16-12-8-4)36-26-20-18-14-10-6-2/h49-51,57H,5-48H2,1-4H3. The lowest BCUT2D eigenvalue weighted by Gasteiger charge is -2.37. The average molecular weight is 877 g/mol. The smallest absolute Gasteiger partial charge is 0.305 e. The Morgan fingerprint density at radius 2 is 0.855 bits per heavy atom. The molecule has 0 aromatic carbocycles. The van der Waals surface area contributed by atoms with Gasteiger partial charge in [0, 0.05) is 44.9 Å². The monoisotopic (exact) mass is 877 g/mol. The second-order valence-electron chi connectivity index (χ2n) is 19.4. The Bertz CT molecular complexity index is 963. The summed E-state index contributed by atoms with van der Waals surface area (Å²) in [5, 5.41) is 9.60. The van der Waals surface area contributed by atoms with E-state index in [0.29, 0.717) is 70.0 Å². The van der Waals surface area contributed by atoms with Crippen LogP contribution in [0.5, 0.6) is 0 Å². The maximum Gasteiger partial charge on any atom is 0.305 e. The van der Waals surface area contributed by atoms with E-state index in [4.69, 9.17) is 9.47 Å². The molecule has 2 unspecified atom stereocenters. The van der Waals surface area contributed by atoms with Gasteiger partial charge in [-0.1, -0.05) is 175 Å². The molecule has 1 saturated carbocycles. The third-order valence-corrected chi connectivity index (χ3v) is 13.6. The summed E-state index contributed by atoms with van der Waals surface area (Å²) in [7, 11) is 0. The summed E-state index contributed by atoms with van der Waals surface area (Å²) in [4.78, 5) is 43.6. The van der Waals surface area contributed by atoms with E-state index in [1.807, 2.05) is 4.90 Å². The second-order valence-corrected chi connectivity index (χ2v) is 19.4. The Kier molecular flexibility index (Phi) is 40.7. The molecule has 366 valence electrons. The average Bonchev–Trinajstić information content (AvgIpc) is 3.25. The summed E-state index contributed by atoms with van der Waals surface area (Å²) in [6, 6.07) is 0.556. The molecule has 0 aliphatic heterocycles. The molecule has 1 fully saturated rings. The maximum absolute atomic E-state index is 13.6. The van der Waals surface area contributed by atoms with E-state index in [0.717, 1.165) is 64.3 Å². The highest BCUT2D eigenvalue weighted by Crippen LogP contribution is 2.25. The molecule has 1 N–H and O–H groups in total. The van der Waals surface area contributed by atoms with E-state index in [2.05, 4.69) is 32.6 Å². The molecule has 0 aromatic rings. The molecule has 1 aliphatic carbocycles. The topological polar surface area (TPSA) is 96.4 Å². The highest BCUT2D eigenvalue weighted by atomic mass is 16.5. The number of esters is 2. The Morgan fingerprint density at radius 3 is 1.24 bits per heavy atom. The van der Waals surface area contributed by atoms with E-state index < -0.39 is 0 Å². The van der Waals surface area contributed by atoms with Crippen LogP contribution in [0.3, 0.4) is 0 Å². The Labute approximate surface area is 384 Å². The molecular weight excluding hydrogens is 773 g/mol. The molecule has 0 radical (unpaired) electrons. The van der Waals surface area contributed by atoms with Crippen LogP contribution in [0.15, 0.2) is 0 Å². The summed E-state index contributed by atoms with van der Waals surface area (Å²) < 4.78 is 11.7. The van der Waals surface area contributed by atoms with Crippen LogP contribution in [0.1, 0.15) is 265 Å². The molecular formula is C54H104N2O6. The third-order valence-electron chi connectivity index (χ3n) is 13.6. The Morgan fingerprint density at radius 1 is 0.468 bits per heavy atom. The van der Waals surface area contributed by atoms with Gasteiger partial charge in [0.25, 0.3) is 0 Å². The molecule has 0 aromatic heterocycles. The van der Waals surface area contributed by atoms with Crippen molar-refractivity contribution in [3.8, 4) is 0 Å². The van der Waals surface area contributed by atoms with Gasteiger partial charge in [0.15, 0.2) is 0 Å². The number of amides is 1. The first-order chi connectivity index (χ1) is 30.4. The summed E-state index contributed by atoms with van der Waals surface area (Å²) in [5.74, 6) is 1.02. The van der Waals surface area contributed by atoms with Gasteiger partial charge in [-0.05, 0) is 89.0 Å². The second kappa shape index (κ2) is 43.2. The van der Waals surface area contributed by atoms with E-state index in [1.54, 1.807) is 0 Å². The van der Waals surface area contributed by atoms with Crippen molar-refractivity contribution in [1.82, 2.24) is 9.80 Å². The molecule has 1 rings (SSSR count). The molecule has 0 spiro atoms. The van der Waals surface area contributed by atoms with Crippen LogP contribution in [0, 0.1) is 11.8 Å². The number of aliphatic hydroxyl groups is 1. The molecule has 1 amide bonds. The van der Waals surface area contributed by atoms with Crippen molar-refractivity contribution in [2.75, 3.05) is 46.0 Å². The lowest BCUT2D eigenvalue weighted by Crippen LogP contribution is -2.42. The van der Waals surface area contributed by atoms with E-state index >= 15 is 0 Å². The Hall–Kier alpha value is -1.67. The first kappa shape index (κ1) is 58.3. The molecule has 1 aliphatic rings. The van der Waals surface area contributed by atoms with Gasteiger partial charge < -0.3 is 19.5 Å². The predicted molar refractivity (Wildman–Crippen MR) is 261 cm³/mol. The minimum Gasteiger partial charge on any atom is -0.465 e. The van der Waals surface area contributed by atoms with Crippen molar-refractivity contribution in [2.45, 2.75) is 271 Å². The summed E-state index contributed by atoms with van der Waals surface area (Å²) >= 11 is 0. The van der Waals surface area contributed by atoms with Crippen molar-refractivity contribution < 1.29 is 29.0 Å². The highest BCUT2D eigenvalue weighted by molar-refractivity contribution is 5.76. The van der Waals surface area contributed by atoms with Crippen LogP contribution in [0.2, 0.25) is 0 Å². The Balaban J connectivity index is 2.55. The fourth-order valence-electron chi connectivity index (χ4n) is 9.14. The molecule has 0 bridgehead atoms. The van der Waals surface area contributed by atoms with Gasteiger partial charge in [0.05, 0.1) is 19.8 Å². The van der Waals surface area contributed by atoms with Crippen molar-refractivity contribution in [3.05, 3.63) is 0 Å². The number of aliphatic hydroxyl groups excluding tert-OH is 1. The van der Waals surface area contributed by atoms with E-state index in [-0.39, 0.29) is 24.5 Å². The van der Waals surface area contributed by atoms with Crippen LogP contribution in [0.25, 0.3) is 0 Å². The minimum absolute atomic E-state index is 0.0721.